The molecule has 9 heteroatoms. The maximum absolute atomic E-state index is 11.5. The topological polar surface area (TPSA) is 116 Å². The van der Waals surface area contributed by atoms with Crippen LogP contribution in [0.25, 0.3) is 0 Å². The van der Waals surface area contributed by atoms with Gasteiger partial charge in [-0.15, -0.1) is 0 Å². The van der Waals surface area contributed by atoms with Crippen LogP contribution in [0.2, 0.25) is 0 Å². The number of aromatic nitrogens is 2. The molecule has 1 rings (SSSR count). The normalized spacial score (nSPS) is 10.1. The first-order chi connectivity index (χ1) is 9.52. The van der Waals surface area contributed by atoms with Crippen LogP contribution in [-0.4, -0.2) is 39.5 Å². The summed E-state index contributed by atoms with van der Waals surface area (Å²) in [4.78, 5) is 35.9. The van der Waals surface area contributed by atoms with Crippen LogP contribution in [0, 0.1) is 10.1 Å². The number of carbonyl (C=O) groups is 2. The average molecular weight is 284 g/mol. The lowest BCUT2D eigenvalue weighted by atomic mass is 10.3. The predicted octanol–water partition coefficient (Wildman–Crippen LogP) is 0.251. The maximum Gasteiger partial charge on any atom is 0.381 e. The number of rotatable bonds is 8. The number of nitrogens with zero attached hydrogens (tertiary/aromatic N) is 3. The van der Waals surface area contributed by atoms with Crippen LogP contribution in [0.4, 0.5) is 5.82 Å². The van der Waals surface area contributed by atoms with Crippen LogP contribution in [-0.2, 0) is 20.9 Å². The van der Waals surface area contributed by atoms with Gasteiger partial charge in [-0.25, -0.2) is 0 Å². The van der Waals surface area contributed by atoms with Crippen molar-refractivity contribution >= 4 is 17.7 Å². The molecule has 20 heavy (non-hydrogen) atoms. The minimum absolute atomic E-state index is 0.121. The Balaban J connectivity index is 2.22. The number of esters is 1. The van der Waals surface area contributed by atoms with E-state index in [-0.39, 0.29) is 43.6 Å². The number of aryl methyl sites for hydroxylation is 1. The smallest absolute Gasteiger partial charge is 0.381 e. The summed E-state index contributed by atoms with van der Waals surface area (Å²) in [5.74, 6) is -0.864. The van der Waals surface area contributed by atoms with E-state index in [1.54, 1.807) is 6.92 Å². The molecule has 1 heterocycles. The molecule has 0 aromatic carbocycles. The van der Waals surface area contributed by atoms with Gasteiger partial charge in [0.1, 0.15) is 6.20 Å². The van der Waals surface area contributed by atoms with E-state index in [1.165, 1.54) is 17.1 Å². The minimum atomic E-state index is -0.601. The first-order valence-electron chi connectivity index (χ1n) is 6.11. The summed E-state index contributed by atoms with van der Waals surface area (Å²) in [6, 6.07) is 0. The van der Waals surface area contributed by atoms with E-state index in [0.717, 1.165) is 0 Å². The molecular formula is C11H16N4O5. The summed E-state index contributed by atoms with van der Waals surface area (Å²) in [5, 5.41) is 13.0. The number of nitrogens with one attached hydrogen (secondary N) is 1. The molecule has 0 saturated carbocycles. The molecule has 0 aliphatic heterocycles. The SMILES string of the molecule is CCOC(=O)CCNC(=O)CCn1cnc([N+](=O)[O-])c1. The van der Waals surface area contributed by atoms with Gasteiger partial charge in [-0.2, -0.15) is 0 Å². The Morgan fingerprint density at radius 2 is 2.25 bits per heavy atom. The molecular weight excluding hydrogens is 268 g/mol. The van der Waals surface area contributed by atoms with Crippen LogP contribution < -0.4 is 5.32 Å². The van der Waals surface area contributed by atoms with E-state index in [2.05, 4.69) is 10.3 Å². The van der Waals surface area contributed by atoms with Crippen molar-refractivity contribution in [2.24, 2.45) is 0 Å². The van der Waals surface area contributed by atoms with Crippen LogP contribution >= 0.6 is 0 Å². The van der Waals surface area contributed by atoms with Crippen molar-refractivity contribution in [1.82, 2.24) is 14.9 Å². The number of carbonyl (C=O) groups excluding carboxylic acids is 2. The van der Waals surface area contributed by atoms with Crippen molar-refractivity contribution in [3.8, 4) is 0 Å². The molecule has 110 valence electrons. The third kappa shape index (κ3) is 5.46. The number of imidazole rings is 1. The van der Waals surface area contributed by atoms with Crippen molar-refractivity contribution in [2.75, 3.05) is 13.2 Å². The number of amides is 1. The van der Waals surface area contributed by atoms with E-state index in [4.69, 9.17) is 4.74 Å². The summed E-state index contributed by atoms with van der Waals surface area (Å²) in [6.45, 7) is 2.51. The Morgan fingerprint density at radius 1 is 1.50 bits per heavy atom. The zero-order valence-electron chi connectivity index (χ0n) is 11.1. The molecule has 0 atom stereocenters. The van der Waals surface area contributed by atoms with Gasteiger partial charge in [-0.3, -0.25) is 9.59 Å². The van der Waals surface area contributed by atoms with Crippen molar-refractivity contribution < 1.29 is 19.2 Å². The van der Waals surface area contributed by atoms with E-state index in [1.807, 2.05) is 0 Å². The van der Waals surface area contributed by atoms with Gasteiger partial charge in [-0.1, -0.05) is 0 Å². The average Bonchev–Trinajstić information content (AvgIpc) is 2.85. The van der Waals surface area contributed by atoms with Gasteiger partial charge in [0.15, 0.2) is 0 Å². The Hall–Kier alpha value is -2.45. The standard InChI is InChI=1S/C11H16N4O5/c1-2-20-11(17)3-5-12-10(16)4-6-14-7-9(13-8-14)15(18)19/h7-8H,2-6H2,1H3,(H,12,16). The van der Waals surface area contributed by atoms with E-state index >= 15 is 0 Å². The van der Waals surface area contributed by atoms with Gasteiger partial charge < -0.3 is 24.7 Å². The molecule has 0 bridgehead atoms. The number of ether oxygens (including phenoxy) is 1. The highest BCUT2D eigenvalue weighted by Gasteiger charge is 2.10. The van der Waals surface area contributed by atoms with Crippen LogP contribution in [0.15, 0.2) is 12.5 Å². The van der Waals surface area contributed by atoms with Crippen molar-refractivity contribution in [1.29, 1.82) is 0 Å². The van der Waals surface area contributed by atoms with Crippen LogP contribution in [0.1, 0.15) is 19.8 Å². The fourth-order valence-electron chi connectivity index (χ4n) is 1.42. The zero-order chi connectivity index (χ0) is 15.0. The zero-order valence-corrected chi connectivity index (χ0v) is 11.1. The van der Waals surface area contributed by atoms with Crippen molar-refractivity contribution in [3.63, 3.8) is 0 Å². The van der Waals surface area contributed by atoms with E-state index in [0.29, 0.717) is 6.61 Å². The molecule has 0 unspecified atom stereocenters. The summed E-state index contributed by atoms with van der Waals surface area (Å²) >= 11 is 0. The van der Waals surface area contributed by atoms with Gasteiger partial charge in [0.25, 0.3) is 0 Å². The third-order valence-electron chi connectivity index (χ3n) is 2.36. The molecule has 0 spiro atoms. The lowest BCUT2D eigenvalue weighted by Gasteiger charge is -2.05. The van der Waals surface area contributed by atoms with Gasteiger partial charge in [0.2, 0.25) is 12.2 Å². The molecule has 1 amide bonds. The van der Waals surface area contributed by atoms with E-state index < -0.39 is 4.92 Å². The van der Waals surface area contributed by atoms with E-state index in [9.17, 15) is 19.7 Å². The van der Waals surface area contributed by atoms with Gasteiger partial charge in [-0.05, 0) is 16.8 Å². The lowest BCUT2D eigenvalue weighted by molar-refractivity contribution is -0.389. The minimum Gasteiger partial charge on any atom is -0.466 e. The molecule has 1 N–H and O–H groups in total. The third-order valence-corrected chi connectivity index (χ3v) is 2.36. The summed E-state index contributed by atoms with van der Waals surface area (Å²) in [6.07, 6.45) is 2.82. The monoisotopic (exact) mass is 284 g/mol. The Morgan fingerprint density at radius 3 is 2.85 bits per heavy atom. The second-order valence-corrected chi connectivity index (χ2v) is 3.88. The number of nitro groups is 1. The Kier molecular flexibility index (Phi) is 6.14. The summed E-state index contributed by atoms with van der Waals surface area (Å²) in [7, 11) is 0. The maximum atomic E-state index is 11.5. The first kappa shape index (κ1) is 15.6. The first-order valence-corrected chi connectivity index (χ1v) is 6.11. The van der Waals surface area contributed by atoms with Crippen LogP contribution in [0.5, 0.6) is 0 Å². The highest BCUT2D eigenvalue weighted by atomic mass is 16.6. The molecule has 0 fully saturated rings. The highest BCUT2D eigenvalue weighted by molar-refractivity contribution is 5.76. The second kappa shape index (κ2) is 7.87. The molecule has 0 aliphatic carbocycles. The number of hydrogen-bond acceptors (Lipinski definition) is 6. The Bertz CT molecular complexity index is 485. The lowest BCUT2D eigenvalue weighted by Crippen LogP contribution is -2.27. The molecule has 1 aromatic heterocycles. The fourth-order valence-corrected chi connectivity index (χ4v) is 1.42. The molecule has 0 saturated heterocycles. The predicted molar refractivity (Wildman–Crippen MR) is 67.8 cm³/mol. The number of hydrogen-bond donors (Lipinski definition) is 1. The quantitative estimate of drug-likeness (QED) is 0.415. The molecule has 0 aliphatic rings. The van der Waals surface area contributed by atoms with Gasteiger partial charge >= 0.3 is 11.8 Å². The Labute approximate surface area is 115 Å². The largest absolute Gasteiger partial charge is 0.466 e. The highest BCUT2D eigenvalue weighted by Crippen LogP contribution is 2.05. The van der Waals surface area contributed by atoms with Gasteiger partial charge in [0, 0.05) is 19.5 Å². The van der Waals surface area contributed by atoms with Gasteiger partial charge in [0.05, 0.1) is 13.0 Å². The molecule has 1 aromatic rings. The fraction of sp³-hybridized carbons (Fsp3) is 0.545. The summed E-state index contributed by atoms with van der Waals surface area (Å²) < 4.78 is 6.17. The van der Waals surface area contributed by atoms with Crippen molar-refractivity contribution in [3.05, 3.63) is 22.6 Å². The second-order valence-electron chi connectivity index (χ2n) is 3.88. The summed E-state index contributed by atoms with van der Waals surface area (Å²) in [5.41, 5.74) is 0. The van der Waals surface area contributed by atoms with Crippen LogP contribution in [0.3, 0.4) is 0 Å². The molecule has 0 radical (unpaired) electrons. The van der Waals surface area contributed by atoms with Crippen molar-refractivity contribution in [2.45, 2.75) is 26.3 Å². The molecule has 9 nitrogen and oxygen atoms in total.